The molecular formula is C35H51ClO8. The second-order valence-electron chi connectivity index (χ2n) is 11.2. The number of carbonyl (C=O) groups excluding carboxylic acids is 1. The fourth-order valence-corrected chi connectivity index (χ4v) is 5.47. The van der Waals surface area contributed by atoms with Gasteiger partial charge in [0.05, 0.1) is 6.61 Å². The van der Waals surface area contributed by atoms with Gasteiger partial charge in [0.15, 0.2) is 0 Å². The minimum Gasteiger partial charge on any atom is -0.508 e. The molecule has 0 radical (unpaired) electrons. The third-order valence-corrected chi connectivity index (χ3v) is 7.99. The van der Waals surface area contributed by atoms with E-state index >= 15 is 0 Å². The summed E-state index contributed by atoms with van der Waals surface area (Å²) in [7, 11) is 0. The summed E-state index contributed by atoms with van der Waals surface area (Å²) in [5, 5.41) is 11.7. The molecular weight excluding hydrogens is 584 g/mol. The summed E-state index contributed by atoms with van der Waals surface area (Å²) < 4.78 is 37.2. The molecule has 0 aromatic heterocycles. The van der Waals surface area contributed by atoms with Crippen molar-refractivity contribution in [2.45, 2.75) is 110 Å². The van der Waals surface area contributed by atoms with Crippen LogP contribution in [0.3, 0.4) is 0 Å². The molecule has 0 spiro atoms. The van der Waals surface area contributed by atoms with Crippen molar-refractivity contribution >= 4 is 17.6 Å². The lowest BCUT2D eigenvalue weighted by Crippen LogP contribution is -2.58. The van der Waals surface area contributed by atoms with Gasteiger partial charge in [0, 0.05) is 37.3 Å². The molecule has 9 heteroatoms. The van der Waals surface area contributed by atoms with Crippen molar-refractivity contribution in [2.75, 3.05) is 33.0 Å². The van der Waals surface area contributed by atoms with Crippen LogP contribution in [0.25, 0.3) is 0 Å². The van der Waals surface area contributed by atoms with Gasteiger partial charge >= 0.3 is 5.97 Å². The third kappa shape index (κ3) is 10.6. The number of hydrogen-bond donors (Lipinski definition) is 1. The normalized spacial score (nSPS) is 21.7. The Balaban J connectivity index is 2.04. The minimum atomic E-state index is -0.721. The molecule has 1 N–H and O–H groups in total. The van der Waals surface area contributed by atoms with Crippen LogP contribution in [0, 0.1) is 0 Å². The zero-order valence-electron chi connectivity index (χ0n) is 27.0. The van der Waals surface area contributed by atoms with Crippen LogP contribution in [0.2, 0.25) is 5.02 Å². The van der Waals surface area contributed by atoms with Crippen LogP contribution in [0.1, 0.15) is 95.9 Å². The Morgan fingerprint density at radius 2 is 1.45 bits per heavy atom. The quantitative estimate of drug-likeness (QED) is 0.125. The van der Waals surface area contributed by atoms with E-state index in [0.717, 1.165) is 55.4 Å². The summed E-state index contributed by atoms with van der Waals surface area (Å²) in [6.45, 7) is 11.8. The maximum Gasteiger partial charge on any atom is 0.302 e. The number of esters is 1. The number of rotatable bonds is 19. The fourth-order valence-electron chi connectivity index (χ4n) is 5.24. The molecule has 1 heterocycles. The number of phenolic OH excluding ortho intramolecular Hbond substituents is 1. The largest absolute Gasteiger partial charge is 0.508 e. The lowest BCUT2D eigenvalue weighted by molar-refractivity contribution is -0.267. The number of unbranched alkanes of at least 4 members (excludes halogenated alkanes) is 3. The molecule has 0 amide bonds. The summed E-state index contributed by atoms with van der Waals surface area (Å²) in [4.78, 5) is 11.9. The molecule has 0 bridgehead atoms. The minimum absolute atomic E-state index is 0.00318. The fraction of sp³-hybridized carbons (Fsp3) is 0.629. The van der Waals surface area contributed by atoms with E-state index < -0.39 is 36.5 Å². The number of phenols is 1. The van der Waals surface area contributed by atoms with Crippen molar-refractivity contribution in [3.8, 4) is 11.5 Å². The van der Waals surface area contributed by atoms with Crippen LogP contribution in [0.5, 0.6) is 11.5 Å². The molecule has 8 nitrogen and oxygen atoms in total. The van der Waals surface area contributed by atoms with Gasteiger partial charge in [0.25, 0.3) is 0 Å². The van der Waals surface area contributed by atoms with E-state index in [1.807, 2.05) is 37.3 Å². The average Bonchev–Trinajstić information content (AvgIpc) is 3.00. The predicted octanol–water partition coefficient (Wildman–Crippen LogP) is 7.59. The monoisotopic (exact) mass is 634 g/mol. The molecule has 44 heavy (non-hydrogen) atoms. The Morgan fingerprint density at radius 3 is 2.02 bits per heavy atom. The summed E-state index contributed by atoms with van der Waals surface area (Å²) in [6.07, 6.45) is 3.07. The summed E-state index contributed by atoms with van der Waals surface area (Å²) in [5.74, 6) is 0.401. The van der Waals surface area contributed by atoms with E-state index in [1.54, 1.807) is 6.07 Å². The van der Waals surface area contributed by atoms with Crippen molar-refractivity contribution < 1.29 is 38.3 Å². The van der Waals surface area contributed by atoms with Gasteiger partial charge in [-0.05, 0) is 68.0 Å². The van der Waals surface area contributed by atoms with Gasteiger partial charge in [0.1, 0.15) is 48.6 Å². The van der Waals surface area contributed by atoms with Crippen LogP contribution in [-0.2, 0) is 34.9 Å². The maximum absolute atomic E-state index is 11.9. The SMILES string of the molecule is CCCCO[C@@H]1[C@@H](OCCCC)[C@H](c2cc(Cc3ccc(OCC)cc3)c(Cl)cc2O)O[C@H](COC(C)=O)[C@H]1OCCCC. The molecule has 1 aliphatic heterocycles. The number of carbonyl (C=O) groups is 1. The molecule has 3 rings (SSSR count). The third-order valence-electron chi connectivity index (χ3n) is 7.64. The highest BCUT2D eigenvalue weighted by Gasteiger charge is 2.49. The van der Waals surface area contributed by atoms with Crippen molar-refractivity contribution in [2.24, 2.45) is 0 Å². The molecule has 2 aromatic rings. The molecule has 246 valence electrons. The first kappa shape index (κ1) is 36.1. The highest BCUT2D eigenvalue weighted by atomic mass is 35.5. The zero-order valence-corrected chi connectivity index (χ0v) is 27.8. The van der Waals surface area contributed by atoms with Crippen molar-refractivity contribution in [1.29, 1.82) is 0 Å². The lowest BCUT2D eigenvalue weighted by Gasteiger charge is -2.46. The highest BCUT2D eigenvalue weighted by molar-refractivity contribution is 6.31. The molecule has 0 aliphatic carbocycles. The number of aromatic hydroxyl groups is 1. The second kappa shape index (κ2) is 19.2. The van der Waals surface area contributed by atoms with Gasteiger partial charge in [-0.2, -0.15) is 0 Å². The van der Waals surface area contributed by atoms with E-state index in [9.17, 15) is 9.90 Å². The Hall–Kier alpha value is -2.36. The number of halogens is 1. The van der Waals surface area contributed by atoms with Crippen LogP contribution >= 0.6 is 11.6 Å². The molecule has 0 unspecified atom stereocenters. The van der Waals surface area contributed by atoms with Gasteiger partial charge in [-0.3, -0.25) is 4.79 Å². The van der Waals surface area contributed by atoms with Crippen LogP contribution in [-0.4, -0.2) is 68.5 Å². The molecule has 1 aliphatic rings. The van der Waals surface area contributed by atoms with Gasteiger partial charge in [-0.25, -0.2) is 0 Å². The summed E-state index contributed by atoms with van der Waals surface area (Å²) in [6, 6.07) is 11.3. The van der Waals surface area contributed by atoms with Crippen molar-refractivity contribution in [1.82, 2.24) is 0 Å². The molecule has 2 aromatic carbocycles. The maximum atomic E-state index is 11.9. The van der Waals surface area contributed by atoms with Gasteiger partial charge in [-0.1, -0.05) is 63.8 Å². The Labute approximate surface area is 268 Å². The number of hydrogen-bond acceptors (Lipinski definition) is 8. The van der Waals surface area contributed by atoms with Crippen LogP contribution < -0.4 is 4.74 Å². The first-order valence-electron chi connectivity index (χ1n) is 16.2. The molecule has 1 saturated heterocycles. The van der Waals surface area contributed by atoms with Crippen LogP contribution in [0.4, 0.5) is 0 Å². The first-order valence-corrected chi connectivity index (χ1v) is 16.6. The highest BCUT2D eigenvalue weighted by Crippen LogP contribution is 2.42. The number of benzene rings is 2. The standard InChI is InChI=1S/C35H51ClO8/c1-6-10-17-40-33-31(23-43-24(5)37)44-32(34(41-18-11-7-2)35(33)42-19-12-8-3)28-21-26(29(36)22-30(28)38)20-25-13-15-27(16-14-25)39-9-4/h13-16,21-22,31-35,38H,6-12,17-20,23H2,1-5H3/t31-,32+,33-,34+,35+/m1/s1. The van der Waals surface area contributed by atoms with Gasteiger partial charge in [0.2, 0.25) is 0 Å². The smallest absolute Gasteiger partial charge is 0.302 e. The van der Waals surface area contributed by atoms with E-state index in [1.165, 1.54) is 6.92 Å². The van der Waals surface area contributed by atoms with Crippen molar-refractivity contribution in [3.63, 3.8) is 0 Å². The van der Waals surface area contributed by atoms with E-state index in [-0.39, 0.29) is 12.4 Å². The molecule has 1 fully saturated rings. The summed E-state index contributed by atoms with van der Waals surface area (Å²) >= 11 is 6.67. The number of ether oxygens (including phenoxy) is 6. The molecule has 5 atom stereocenters. The topological polar surface area (TPSA) is 92.7 Å². The van der Waals surface area contributed by atoms with Crippen molar-refractivity contribution in [3.05, 3.63) is 58.1 Å². The Kier molecular flexibility index (Phi) is 15.8. The first-order chi connectivity index (χ1) is 21.3. The average molecular weight is 635 g/mol. The lowest BCUT2D eigenvalue weighted by atomic mass is 9.88. The zero-order chi connectivity index (χ0) is 31.9. The predicted molar refractivity (Wildman–Crippen MR) is 172 cm³/mol. The van der Waals surface area contributed by atoms with Gasteiger partial charge in [-0.15, -0.1) is 0 Å². The Morgan fingerprint density at radius 1 is 0.864 bits per heavy atom. The van der Waals surface area contributed by atoms with E-state index in [2.05, 4.69) is 20.8 Å². The summed E-state index contributed by atoms with van der Waals surface area (Å²) in [5.41, 5.74) is 2.42. The Bertz CT molecular complexity index is 1120. The molecule has 0 saturated carbocycles. The van der Waals surface area contributed by atoms with Gasteiger partial charge < -0.3 is 33.5 Å². The van der Waals surface area contributed by atoms with E-state index in [4.69, 9.17) is 40.0 Å². The van der Waals surface area contributed by atoms with E-state index in [0.29, 0.717) is 43.4 Å². The van der Waals surface area contributed by atoms with Crippen LogP contribution in [0.15, 0.2) is 36.4 Å². The second-order valence-corrected chi connectivity index (χ2v) is 11.6.